The van der Waals surface area contributed by atoms with Gasteiger partial charge in [0.05, 0.1) is 36.8 Å². The Morgan fingerprint density at radius 2 is 1.75 bits per heavy atom. The number of amides is 1. The first-order chi connectivity index (χ1) is 24.5. The maximum Gasteiger partial charge on any atom is 0.264 e. The first-order valence-electron chi connectivity index (χ1n) is 19.3. The third kappa shape index (κ3) is 7.05. The highest BCUT2D eigenvalue weighted by Gasteiger charge is 2.47. The topological polar surface area (TPSA) is 97.4 Å². The van der Waals surface area contributed by atoms with Crippen molar-refractivity contribution < 1.29 is 27.4 Å². The Labute approximate surface area is 308 Å². The molecule has 51 heavy (non-hydrogen) atoms. The van der Waals surface area contributed by atoms with Gasteiger partial charge in [0, 0.05) is 41.1 Å². The number of nitrogens with zero attached hydrogens (tertiary/aromatic N) is 2. The smallest absolute Gasteiger partial charge is 0.264 e. The van der Waals surface area contributed by atoms with E-state index in [1.807, 2.05) is 25.1 Å². The fraction of sp³-hybridized carbons (Fsp3) is 0.675. The van der Waals surface area contributed by atoms with Gasteiger partial charge in [0.15, 0.2) is 6.29 Å². The quantitative estimate of drug-likeness (QED) is 0.379. The highest BCUT2D eigenvalue weighted by atomic mass is 35.5. The molecule has 0 unspecified atom stereocenters. The number of hydrogen-bond donors (Lipinski definition) is 1. The molecule has 2 bridgehead atoms. The normalized spacial score (nSPS) is 35.5. The van der Waals surface area contributed by atoms with Gasteiger partial charge in [-0.3, -0.25) is 9.69 Å². The van der Waals surface area contributed by atoms with Crippen LogP contribution >= 0.6 is 11.6 Å². The number of aryl methyl sites for hydroxylation is 1. The zero-order valence-corrected chi connectivity index (χ0v) is 31.9. The predicted octanol–water partition coefficient (Wildman–Crippen LogP) is 6.56. The van der Waals surface area contributed by atoms with E-state index < -0.39 is 21.2 Å². The van der Waals surface area contributed by atoms with Crippen LogP contribution in [0.1, 0.15) is 93.1 Å². The van der Waals surface area contributed by atoms with Gasteiger partial charge in [-0.05, 0) is 131 Å². The number of hydrogen-bond acceptors (Lipinski definition) is 8. The summed E-state index contributed by atoms with van der Waals surface area (Å²) in [5, 5.41) is 0.0366. The predicted molar refractivity (Wildman–Crippen MR) is 199 cm³/mol. The van der Waals surface area contributed by atoms with Gasteiger partial charge in [-0.1, -0.05) is 31.0 Å². The lowest BCUT2D eigenvalue weighted by molar-refractivity contribution is -0.242. The molecule has 1 saturated heterocycles. The van der Waals surface area contributed by atoms with Gasteiger partial charge in [0.25, 0.3) is 5.91 Å². The van der Waals surface area contributed by atoms with Crippen LogP contribution in [0.4, 0.5) is 5.69 Å². The van der Waals surface area contributed by atoms with Crippen LogP contribution in [0.25, 0.3) is 0 Å². The van der Waals surface area contributed by atoms with Crippen LogP contribution in [0.15, 0.2) is 36.4 Å². The number of sulfonamides is 1. The third-order valence-electron chi connectivity index (χ3n) is 13.5. The number of ether oxygens (including phenoxy) is 3. The maximum atomic E-state index is 13.6. The van der Waals surface area contributed by atoms with E-state index in [-0.39, 0.29) is 29.6 Å². The Kier molecular flexibility index (Phi) is 9.87. The molecule has 1 N–H and O–H groups in total. The van der Waals surface area contributed by atoms with Crippen molar-refractivity contribution in [3.63, 3.8) is 0 Å². The van der Waals surface area contributed by atoms with Gasteiger partial charge in [-0.15, -0.1) is 0 Å². The molecule has 3 heterocycles. The molecule has 1 amide bonds. The van der Waals surface area contributed by atoms with Crippen LogP contribution in [-0.4, -0.2) is 82.8 Å². The zero-order valence-electron chi connectivity index (χ0n) is 30.3. The van der Waals surface area contributed by atoms with Crippen molar-refractivity contribution in [1.82, 2.24) is 9.62 Å². The fourth-order valence-corrected chi connectivity index (χ4v) is 11.2. The molecule has 11 heteroatoms. The van der Waals surface area contributed by atoms with Crippen molar-refractivity contribution in [3.8, 4) is 5.75 Å². The molecule has 0 radical (unpaired) electrons. The summed E-state index contributed by atoms with van der Waals surface area (Å²) < 4.78 is 49.4. The van der Waals surface area contributed by atoms with Gasteiger partial charge in [-0.25, -0.2) is 13.1 Å². The number of anilines is 1. The number of carbonyl (C=O) groups excluding carboxylic acids is 1. The Hall–Kier alpha value is -2.37. The van der Waals surface area contributed by atoms with Crippen molar-refractivity contribution in [3.05, 3.63) is 58.1 Å². The van der Waals surface area contributed by atoms with Crippen LogP contribution < -0.4 is 14.4 Å². The molecular formula is C40H54ClN3O6S. The molecule has 3 aliphatic heterocycles. The summed E-state index contributed by atoms with van der Waals surface area (Å²) in [6.07, 6.45) is 10.1. The van der Waals surface area contributed by atoms with E-state index in [1.165, 1.54) is 24.0 Å². The summed E-state index contributed by atoms with van der Waals surface area (Å²) in [5.41, 5.74) is 3.51. The highest BCUT2D eigenvalue weighted by Crippen LogP contribution is 2.49. The van der Waals surface area contributed by atoms with E-state index >= 15 is 0 Å². The molecule has 3 fully saturated rings. The first kappa shape index (κ1) is 35.6. The summed E-state index contributed by atoms with van der Waals surface area (Å²) >= 11 is 6.49. The lowest BCUT2D eigenvalue weighted by atomic mass is 9.64. The summed E-state index contributed by atoms with van der Waals surface area (Å²) in [4.78, 5) is 18.5. The number of benzene rings is 2. The third-order valence-corrected chi connectivity index (χ3v) is 15.6. The van der Waals surface area contributed by atoms with Crippen LogP contribution in [0.3, 0.4) is 0 Å². The zero-order chi connectivity index (χ0) is 35.5. The lowest BCUT2D eigenvalue weighted by Gasteiger charge is -2.49. The minimum atomic E-state index is -3.90. The molecule has 8 rings (SSSR count). The summed E-state index contributed by atoms with van der Waals surface area (Å²) in [6, 6.07) is 12.6. The molecule has 6 atom stereocenters. The monoisotopic (exact) mass is 739 g/mol. The van der Waals surface area contributed by atoms with Gasteiger partial charge in [0.2, 0.25) is 10.0 Å². The summed E-state index contributed by atoms with van der Waals surface area (Å²) in [5.74, 6) is 1.08. The molecule has 278 valence electrons. The van der Waals surface area contributed by atoms with Gasteiger partial charge >= 0.3 is 0 Å². The molecule has 1 spiro atoms. The molecular weight excluding hydrogens is 686 g/mol. The number of carbonyl (C=O) groups is 1. The van der Waals surface area contributed by atoms with Crippen LogP contribution in [0, 0.1) is 23.7 Å². The number of rotatable bonds is 3. The molecule has 3 aliphatic carbocycles. The van der Waals surface area contributed by atoms with Crippen molar-refractivity contribution in [2.75, 3.05) is 44.9 Å². The van der Waals surface area contributed by atoms with Crippen LogP contribution in [0.5, 0.6) is 5.75 Å². The van der Waals surface area contributed by atoms with Crippen LogP contribution in [-0.2, 0) is 31.3 Å². The highest BCUT2D eigenvalue weighted by molar-refractivity contribution is 7.90. The fourth-order valence-electron chi connectivity index (χ4n) is 9.74. The number of halogens is 1. The van der Waals surface area contributed by atoms with E-state index in [9.17, 15) is 13.2 Å². The average Bonchev–Trinajstić information content (AvgIpc) is 3.97. The Morgan fingerprint density at radius 1 is 0.941 bits per heavy atom. The second kappa shape index (κ2) is 14.1. The Bertz CT molecular complexity index is 1730. The number of nitrogens with one attached hydrogen (secondary N) is 1. The Morgan fingerprint density at radius 3 is 2.49 bits per heavy atom. The second-order valence-corrected chi connectivity index (χ2v) is 19.1. The minimum Gasteiger partial charge on any atom is -0.490 e. The Balaban J connectivity index is 1.14. The standard InChI is InChI=1S/C40H54ClN3O6S/c1-25-6-4-8-34(39-48-21-32(22-49-39)43(3)31-12-13-31)33-14-9-29(33)20-44-23-40(17-5-7-27-18-30(41)11-15-35(27)40)24-50-37-16-10-28(19-36(37)44)38(45)42-51(46,47)26(25)2/h10-11,15-16,18-19,25-26,29,31-34,39H,4-9,12-14,17,20-24H2,1-3H3,(H,42,45)/t25-,26+,29-,32-,33+,34+,39+,40-/m0/s1. The van der Waals surface area contributed by atoms with Gasteiger partial charge in [0.1, 0.15) is 5.75 Å². The number of likely N-dealkylation sites (N-methyl/N-ethyl adjacent to an activating group) is 1. The first-order valence-corrected chi connectivity index (χ1v) is 21.3. The molecule has 9 nitrogen and oxygen atoms in total. The number of fused-ring (bicyclic) bond motifs is 4. The molecule has 0 aromatic heterocycles. The molecule has 2 aromatic rings. The van der Waals surface area contributed by atoms with Gasteiger partial charge < -0.3 is 19.1 Å². The summed E-state index contributed by atoms with van der Waals surface area (Å²) in [7, 11) is -1.71. The average molecular weight is 740 g/mol. The van der Waals surface area contributed by atoms with Gasteiger partial charge in [-0.2, -0.15) is 0 Å². The van der Waals surface area contributed by atoms with Crippen molar-refractivity contribution in [2.45, 2.75) is 107 Å². The largest absolute Gasteiger partial charge is 0.490 e. The van der Waals surface area contributed by atoms with Crippen molar-refractivity contribution >= 4 is 33.2 Å². The minimum absolute atomic E-state index is 0.119. The van der Waals surface area contributed by atoms with E-state index in [1.54, 1.807) is 13.0 Å². The van der Waals surface area contributed by atoms with Crippen molar-refractivity contribution in [2.24, 2.45) is 23.7 Å². The van der Waals surface area contributed by atoms with E-state index in [4.69, 9.17) is 25.8 Å². The van der Waals surface area contributed by atoms with E-state index in [0.717, 1.165) is 80.9 Å². The SMILES string of the molecule is C[C@@H]1[C@@H](C)CCC[C@@H]([C@H]2OC[C@@H](N(C)C3CC3)CO2)[C@@H]2CC[C@H]2CN2C[C@@]3(CCCc4cc(Cl)ccc43)COc3ccc(cc32)C(=O)NS1(=O)=O. The van der Waals surface area contributed by atoms with E-state index in [2.05, 4.69) is 33.7 Å². The molecule has 2 aromatic carbocycles. The summed E-state index contributed by atoms with van der Waals surface area (Å²) in [6.45, 7) is 7.15. The molecule has 2 saturated carbocycles. The van der Waals surface area contributed by atoms with Crippen LogP contribution in [0.2, 0.25) is 5.02 Å². The molecule has 6 aliphatic rings. The lowest BCUT2D eigenvalue weighted by Crippen LogP contribution is -2.52. The van der Waals surface area contributed by atoms with E-state index in [0.29, 0.717) is 43.3 Å². The maximum absolute atomic E-state index is 13.6. The van der Waals surface area contributed by atoms with Crippen molar-refractivity contribution in [1.29, 1.82) is 0 Å². The second-order valence-electron chi connectivity index (χ2n) is 16.6.